The third-order valence-electron chi connectivity index (χ3n) is 2.49. The first kappa shape index (κ1) is 12.5. The molecule has 0 aromatic heterocycles. The van der Waals surface area contributed by atoms with Gasteiger partial charge >= 0.3 is 0 Å². The maximum Gasteiger partial charge on any atom is 0.193 e. The lowest BCUT2D eigenvalue weighted by Crippen LogP contribution is -2.22. The molecule has 0 aliphatic carbocycles. The average molecular weight is 304 g/mol. The highest BCUT2D eigenvalue weighted by Crippen LogP contribution is 2.14. The normalized spacial score (nSPS) is 10.1. The number of aromatic carboxylic acids is 1. The van der Waals surface area contributed by atoms with E-state index in [2.05, 4.69) is 15.9 Å². The van der Waals surface area contributed by atoms with Gasteiger partial charge in [0.15, 0.2) is 5.78 Å². The van der Waals surface area contributed by atoms with Crippen LogP contribution >= 0.6 is 15.9 Å². The zero-order valence-electron chi connectivity index (χ0n) is 9.22. The van der Waals surface area contributed by atoms with Gasteiger partial charge in [-0.25, -0.2) is 0 Å². The summed E-state index contributed by atoms with van der Waals surface area (Å²) in [7, 11) is 0. The van der Waals surface area contributed by atoms with Crippen molar-refractivity contribution in [2.24, 2.45) is 0 Å². The predicted octanol–water partition coefficient (Wildman–Crippen LogP) is 2.04. The van der Waals surface area contributed by atoms with Gasteiger partial charge in [0.25, 0.3) is 0 Å². The van der Waals surface area contributed by atoms with Gasteiger partial charge in [0.05, 0.1) is 5.97 Å². The molecule has 2 aromatic rings. The van der Waals surface area contributed by atoms with Crippen molar-refractivity contribution in [3.8, 4) is 0 Å². The third-order valence-corrected chi connectivity index (χ3v) is 3.02. The van der Waals surface area contributed by atoms with Crippen LogP contribution in [0.4, 0.5) is 0 Å². The Bertz CT molecular complexity index is 585. The summed E-state index contributed by atoms with van der Waals surface area (Å²) in [6, 6.07) is 12.7. The Morgan fingerprint density at radius 1 is 0.778 bits per heavy atom. The summed E-state index contributed by atoms with van der Waals surface area (Å²) in [4.78, 5) is 22.6. The minimum atomic E-state index is -1.25. The summed E-state index contributed by atoms with van der Waals surface area (Å²) in [5.74, 6) is -1.40. The van der Waals surface area contributed by atoms with Crippen molar-refractivity contribution in [3.05, 3.63) is 69.7 Å². The van der Waals surface area contributed by atoms with Gasteiger partial charge in [0.2, 0.25) is 0 Å². The van der Waals surface area contributed by atoms with Gasteiger partial charge in [-0.05, 0) is 29.8 Å². The molecule has 0 saturated heterocycles. The molecule has 0 fully saturated rings. The molecule has 18 heavy (non-hydrogen) atoms. The van der Waals surface area contributed by atoms with E-state index in [9.17, 15) is 14.7 Å². The van der Waals surface area contributed by atoms with Crippen LogP contribution in [0.25, 0.3) is 0 Å². The van der Waals surface area contributed by atoms with E-state index in [0.717, 1.165) is 4.47 Å². The highest BCUT2D eigenvalue weighted by molar-refractivity contribution is 9.10. The number of halogens is 1. The minimum absolute atomic E-state index is 0.0577. The maximum absolute atomic E-state index is 12.1. The van der Waals surface area contributed by atoms with Crippen LogP contribution in [-0.4, -0.2) is 11.8 Å². The number of ketones is 1. The molecule has 0 N–H and O–H groups in total. The maximum atomic E-state index is 12.1. The monoisotopic (exact) mass is 303 g/mol. The van der Waals surface area contributed by atoms with Crippen molar-refractivity contribution in [2.45, 2.75) is 0 Å². The summed E-state index contributed by atoms with van der Waals surface area (Å²) < 4.78 is 0.895. The van der Waals surface area contributed by atoms with Crippen molar-refractivity contribution in [1.82, 2.24) is 0 Å². The van der Waals surface area contributed by atoms with E-state index in [1.54, 1.807) is 24.3 Å². The quantitative estimate of drug-likeness (QED) is 0.815. The molecule has 3 nitrogen and oxygen atoms in total. The highest BCUT2D eigenvalue weighted by Gasteiger charge is 2.08. The van der Waals surface area contributed by atoms with Crippen LogP contribution in [0.2, 0.25) is 0 Å². The molecule has 2 aromatic carbocycles. The molecular formula is C14H8BrO3-. The summed E-state index contributed by atoms with van der Waals surface area (Å²) in [6.45, 7) is 0. The first-order valence-corrected chi connectivity index (χ1v) is 5.99. The molecule has 0 aliphatic rings. The van der Waals surface area contributed by atoms with E-state index in [-0.39, 0.29) is 11.3 Å². The Morgan fingerprint density at radius 3 is 1.61 bits per heavy atom. The Hall–Kier alpha value is -1.94. The Labute approximate surface area is 112 Å². The number of rotatable bonds is 3. The van der Waals surface area contributed by atoms with Gasteiger partial charge in [-0.2, -0.15) is 0 Å². The first-order chi connectivity index (χ1) is 8.58. The van der Waals surface area contributed by atoms with Gasteiger partial charge < -0.3 is 9.90 Å². The highest BCUT2D eigenvalue weighted by atomic mass is 79.9. The van der Waals surface area contributed by atoms with Crippen LogP contribution in [0, 0.1) is 0 Å². The van der Waals surface area contributed by atoms with Crippen LogP contribution < -0.4 is 5.11 Å². The number of carbonyl (C=O) groups is 2. The SMILES string of the molecule is O=C([O-])c1ccc(C(=O)c2ccc(Br)cc2)cc1. The second-order valence-electron chi connectivity index (χ2n) is 3.70. The molecule has 0 aliphatic heterocycles. The zero-order valence-corrected chi connectivity index (χ0v) is 10.8. The van der Waals surface area contributed by atoms with Crippen molar-refractivity contribution < 1.29 is 14.7 Å². The molecule has 0 amide bonds. The lowest BCUT2D eigenvalue weighted by molar-refractivity contribution is -0.255. The molecular weight excluding hydrogens is 296 g/mol. The fourth-order valence-electron chi connectivity index (χ4n) is 1.53. The Morgan fingerprint density at radius 2 is 1.17 bits per heavy atom. The second-order valence-corrected chi connectivity index (χ2v) is 4.62. The topological polar surface area (TPSA) is 57.2 Å². The molecule has 0 heterocycles. The van der Waals surface area contributed by atoms with Gasteiger partial charge in [-0.1, -0.05) is 40.2 Å². The zero-order chi connectivity index (χ0) is 13.1. The van der Waals surface area contributed by atoms with E-state index in [1.807, 2.05) is 0 Å². The third kappa shape index (κ3) is 2.65. The molecule has 0 unspecified atom stereocenters. The standard InChI is InChI=1S/C14H9BrO3/c15-12-7-5-10(6-8-12)13(16)9-1-3-11(4-2-9)14(17)18/h1-8H,(H,17,18)/p-1. The summed E-state index contributed by atoms with van der Waals surface area (Å²) in [5, 5.41) is 10.6. The molecule has 0 bridgehead atoms. The largest absolute Gasteiger partial charge is 0.545 e. The molecule has 4 heteroatoms. The fourth-order valence-corrected chi connectivity index (χ4v) is 1.79. The number of carbonyl (C=O) groups excluding carboxylic acids is 2. The van der Waals surface area contributed by atoms with Crippen LogP contribution in [-0.2, 0) is 0 Å². The summed E-state index contributed by atoms with van der Waals surface area (Å²) >= 11 is 3.29. The molecule has 0 saturated carbocycles. The van der Waals surface area contributed by atoms with Gasteiger partial charge in [-0.15, -0.1) is 0 Å². The van der Waals surface area contributed by atoms with Gasteiger partial charge in [0.1, 0.15) is 0 Å². The van der Waals surface area contributed by atoms with Crippen LogP contribution in [0.1, 0.15) is 26.3 Å². The van der Waals surface area contributed by atoms with E-state index >= 15 is 0 Å². The molecule has 90 valence electrons. The van der Waals surface area contributed by atoms with Crippen molar-refractivity contribution in [2.75, 3.05) is 0 Å². The van der Waals surface area contributed by atoms with E-state index in [1.165, 1.54) is 24.3 Å². The lowest BCUT2D eigenvalue weighted by Gasteiger charge is -2.04. The van der Waals surface area contributed by atoms with E-state index in [0.29, 0.717) is 11.1 Å². The van der Waals surface area contributed by atoms with Crippen LogP contribution in [0.15, 0.2) is 53.0 Å². The Balaban J connectivity index is 2.28. The van der Waals surface area contributed by atoms with E-state index < -0.39 is 5.97 Å². The van der Waals surface area contributed by atoms with Crippen molar-refractivity contribution >= 4 is 27.7 Å². The predicted molar refractivity (Wildman–Crippen MR) is 68.3 cm³/mol. The number of carboxylic acid groups (broad SMARTS) is 1. The number of hydrogen-bond donors (Lipinski definition) is 0. The van der Waals surface area contributed by atoms with Gasteiger partial charge in [0, 0.05) is 15.6 Å². The molecule has 0 spiro atoms. The number of benzene rings is 2. The number of hydrogen-bond acceptors (Lipinski definition) is 3. The van der Waals surface area contributed by atoms with Crippen molar-refractivity contribution in [1.29, 1.82) is 0 Å². The average Bonchev–Trinajstić information content (AvgIpc) is 2.39. The van der Waals surface area contributed by atoms with Gasteiger partial charge in [-0.3, -0.25) is 4.79 Å². The molecule has 2 rings (SSSR count). The summed E-state index contributed by atoms with van der Waals surface area (Å²) in [5.41, 5.74) is 1.06. The first-order valence-electron chi connectivity index (χ1n) is 5.19. The van der Waals surface area contributed by atoms with Crippen molar-refractivity contribution in [3.63, 3.8) is 0 Å². The molecule has 0 atom stereocenters. The molecule has 0 radical (unpaired) electrons. The second kappa shape index (κ2) is 5.14. The number of carboxylic acids is 1. The van der Waals surface area contributed by atoms with Crippen LogP contribution in [0.5, 0.6) is 0 Å². The fraction of sp³-hybridized carbons (Fsp3) is 0. The Kier molecular flexibility index (Phi) is 3.58. The van der Waals surface area contributed by atoms with Crippen LogP contribution in [0.3, 0.4) is 0 Å². The lowest BCUT2D eigenvalue weighted by atomic mass is 10.0. The minimum Gasteiger partial charge on any atom is -0.545 e. The summed E-state index contributed by atoms with van der Waals surface area (Å²) in [6.07, 6.45) is 0. The van der Waals surface area contributed by atoms with E-state index in [4.69, 9.17) is 0 Å². The smallest absolute Gasteiger partial charge is 0.193 e.